The smallest absolute Gasteiger partial charge is 0.187 e. The second kappa shape index (κ2) is 7.43. The number of rotatable bonds is 6. The lowest BCUT2D eigenvalue weighted by Crippen LogP contribution is -2.28. The number of allylic oxidation sites excluding steroid dienone is 1. The van der Waals surface area contributed by atoms with E-state index in [9.17, 15) is 14.7 Å². The number of carboxylic acids is 1. The number of halogens is 1. The number of hydrogen-bond acceptors (Lipinski definition) is 4. The Morgan fingerprint density at radius 1 is 1.09 bits per heavy atom. The fourth-order valence-corrected chi connectivity index (χ4v) is 1.97. The molecule has 5 heteroatoms. The molecule has 0 unspecified atom stereocenters. The van der Waals surface area contributed by atoms with E-state index in [1.165, 1.54) is 6.08 Å². The van der Waals surface area contributed by atoms with Gasteiger partial charge in [0.15, 0.2) is 5.78 Å². The highest BCUT2D eigenvalue weighted by Crippen LogP contribution is 2.17. The molecule has 2 aromatic carbocycles. The molecule has 2 rings (SSSR count). The second-order valence-electron chi connectivity index (χ2n) is 4.41. The van der Waals surface area contributed by atoms with Crippen molar-refractivity contribution in [2.45, 2.75) is 0 Å². The molecule has 22 heavy (non-hydrogen) atoms. The average molecular weight is 316 g/mol. The van der Waals surface area contributed by atoms with E-state index in [2.05, 4.69) is 0 Å². The number of carbonyl (C=O) groups excluding carboxylic acids is 2. The van der Waals surface area contributed by atoms with Crippen LogP contribution in [0.25, 0.3) is 6.08 Å². The molecule has 0 aliphatic heterocycles. The topological polar surface area (TPSA) is 66.4 Å². The Labute approximate surface area is 132 Å². The zero-order chi connectivity index (χ0) is 15.9. The van der Waals surface area contributed by atoms with Crippen LogP contribution in [0.2, 0.25) is 5.02 Å². The van der Waals surface area contributed by atoms with E-state index in [0.717, 1.165) is 5.56 Å². The lowest BCUT2D eigenvalue weighted by molar-refractivity contribution is -0.307. The van der Waals surface area contributed by atoms with E-state index in [0.29, 0.717) is 16.3 Å². The molecule has 0 aliphatic rings. The number of aliphatic carboxylic acids is 1. The third kappa shape index (κ3) is 4.46. The lowest BCUT2D eigenvalue weighted by Gasteiger charge is -2.06. The minimum absolute atomic E-state index is 0.192. The van der Waals surface area contributed by atoms with Gasteiger partial charge in [0.2, 0.25) is 0 Å². The summed E-state index contributed by atoms with van der Waals surface area (Å²) in [4.78, 5) is 22.3. The predicted octanol–water partition coefficient (Wildman–Crippen LogP) is 2.36. The molecular weight excluding hydrogens is 304 g/mol. The maximum Gasteiger partial charge on any atom is 0.187 e. The number of ketones is 1. The molecule has 0 saturated carbocycles. The molecule has 0 radical (unpaired) electrons. The summed E-state index contributed by atoms with van der Waals surface area (Å²) in [7, 11) is 0. The van der Waals surface area contributed by atoms with Gasteiger partial charge in [0.25, 0.3) is 0 Å². The molecule has 112 valence electrons. The molecule has 0 saturated heterocycles. The van der Waals surface area contributed by atoms with Crippen molar-refractivity contribution in [2.24, 2.45) is 0 Å². The summed E-state index contributed by atoms with van der Waals surface area (Å²) in [5, 5.41) is 10.7. The zero-order valence-corrected chi connectivity index (χ0v) is 12.2. The first-order valence-electron chi connectivity index (χ1n) is 6.46. The number of carboxylic acid groups (broad SMARTS) is 1. The molecular formula is C17H12ClO4-. The van der Waals surface area contributed by atoms with Gasteiger partial charge in [0.1, 0.15) is 12.4 Å². The molecule has 4 nitrogen and oxygen atoms in total. The third-order valence-corrected chi connectivity index (χ3v) is 3.13. The Kier molecular flexibility index (Phi) is 5.33. The Morgan fingerprint density at radius 3 is 2.41 bits per heavy atom. The Bertz CT molecular complexity index is 705. The van der Waals surface area contributed by atoms with E-state index in [1.54, 1.807) is 54.6 Å². The van der Waals surface area contributed by atoms with Crippen molar-refractivity contribution >= 4 is 29.4 Å². The average Bonchev–Trinajstić information content (AvgIpc) is 2.52. The first-order chi connectivity index (χ1) is 10.6. The second-order valence-corrected chi connectivity index (χ2v) is 4.81. The van der Waals surface area contributed by atoms with Gasteiger partial charge in [0, 0.05) is 5.56 Å². The first-order valence-corrected chi connectivity index (χ1v) is 6.84. The number of ether oxygens (including phenoxy) is 1. The molecule has 0 atom stereocenters. The Hall–Kier alpha value is -2.59. The van der Waals surface area contributed by atoms with Crippen molar-refractivity contribution in [2.75, 3.05) is 6.61 Å². The minimum Gasteiger partial charge on any atom is -0.546 e. The van der Waals surface area contributed by atoms with Crippen LogP contribution in [0.4, 0.5) is 0 Å². The summed E-state index contributed by atoms with van der Waals surface area (Å²) in [6, 6.07) is 13.5. The van der Waals surface area contributed by atoms with Gasteiger partial charge in [-0.2, -0.15) is 0 Å². The zero-order valence-electron chi connectivity index (χ0n) is 11.5. The van der Waals surface area contributed by atoms with Crippen LogP contribution in [0, 0.1) is 0 Å². The van der Waals surface area contributed by atoms with Gasteiger partial charge in [-0.25, -0.2) is 0 Å². The van der Waals surface area contributed by atoms with E-state index in [1.807, 2.05) is 0 Å². The summed E-state index contributed by atoms with van der Waals surface area (Å²) >= 11 is 5.96. The van der Waals surface area contributed by atoms with Crippen LogP contribution in [0.15, 0.2) is 54.6 Å². The van der Waals surface area contributed by atoms with Crippen LogP contribution in [0.3, 0.4) is 0 Å². The molecule has 0 spiro atoms. The normalized spacial score (nSPS) is 10.6. The van der Waals surface area contributed by atoms with E-state index >= 15 is 0 Å². The molecule has 0 aliphatic carbocycles. The highest BCUT2D eigenvalue weighted by molar-refractivity contribution is 6.34. The largest absolute Gasteiger partial charge is 0.546 e. The number of hydrogen-bond donors (Lipinski definition) is 0. The van der Waals surface area contributed by atoms with Gasteiger partial charge in [-0.1, -0.05) is 41.9 Å². The maximum atomic E-state index is 12.0. The van der Waals surface area contributed by atoms with Crippen LogP contribution in [0.5, 0.6) is 5.75 Å². The van der Waals surface area contributed by atoms with Gasteiger partial charge >= 0.3 is 0 Å². The quantitative estimate of drug-likeness (QED) is 0.606. The highest BCUT2D eigenvalue weighted by atomic mass is 35.5. The molecule has 0 aromatic heterocycles. The third-order valence-electron chi connectivity index (χ3n) is 2.80. The van der Waals surface area contributed by atoms with Gasteiger partial charge in [-0.05, 0) is 35.9 Å². The summed E-state index contributed by atoms with van der Waals surface area (Å²) in [5.41, 5.74) is 1.22. The van der Waals surface area contributed by atoms with Crippen molar-refractivity contribution in [3.8, 4) is 5.75 Å². The van der Waals surface area contributed by atoms with Crippen LogP contribution in [-0.2, 0) is 4.79 Å². The van der Waals surface area contributed by atoms with Crippen molar-refractivity contribution in [1.82, 2.24) is 0 Å². The summed E-state index contributed by atoms with van der Waals surface area (Å²) in [5.74, 6) is -1.06. The van der Waals surface area contributed by atoms with Crippen molar-refractivity contribution < 1.29 is 19.4 Å². The molecule has 0 heterocycles. The fraction of sp³-hybridized carbons (Fsp3) is 0.0588. The van der Waals surface area contributed by atoms with Gasteiger partial charge in [0.05, 0.1) is 11.0 Å². The minimum atomic E-state index is -1.28. The van der Waals surface area contributed by atoms with Crippen LogP contribution < -0.4 is 9.84 Å². The molecule has 0 amide bonds. The first kappa shape index (κ1) is 15.8. The van der Waals surface area contributed by atoms with Crippen LogP contribution in [0.1, 0.15) is 15.9 Å². The van der Waals surface area contributed by atoms with Gasteiger partial charge in [-0.3, -0.25) is 4.79 Å². The van der Waals surface area contributed by atoms with Crippen LogP contribution in [-0.4, -0.2) is 18.4 Å². The van der Waals surface area contributed by atoms with E-state index in [4.69, 9.17) is 16.3 Å². The summed E-state index contributed by atoms with van der Waals surface area (Å²) < 4.78 is 4.96. The number of benzene rings is 2. The molecule has 0 N–H and O–H groups in total. The van der Waals surface area contributed by atoms with Crippen LogP contribution >= 0.6 is 11.6 Å². The Morgan fingerprint density at radius 2 is 1.77 bits per heavy atom. The molecule has 0 bridgehead atoms. The predicted molar refractivity (Wildman–Crippen MR) is 81.8 cm³/mol. The van der Waals surface area contributed by atoms with Gasteiger partial charge < -0.3 is 14.6 Å². The van der Waals surface area contributed by atoms with Crippen molar-refractivity contribution in [1.29, 1.82) is 0 Å². The number of carbonyl (C=O) groups is 2. The van der Waals surface area contributed by atoms with E-state index in [-0.39, 0.29) is 5.78 Å². The van der Waals surface area contributed by atoms with Crippen molar-refractivity contribution in [3.05, 3.63) is 70.8 Å². The van der Waals surface area contributed by atoms with Gasteiger partial charge in [-0.15, -0.1) is 0 Å². The Balaban J connectivity index is 2.02. The van der Waals surface area contributed by atoms with Crippen molar-refractivity contribution in [3.63, 3.8) is 0 Å². The molecule has 0 fully saturated rings. The maximum absolute atomic E-state index is 12.0. The standard InChI is InChI=1S/C17H13ClO4/c18-15-4-2-1-3-14(15)16(19)10-7-12-5-8-13(9-6-12)22-11-17(20)21/h1-10H,11H2,(H,20,21)/p-1/b10-7+. The summed E-state index contributed by atoms with van der Waals surface area (Å²) in [6.45, 7) is -0.500. The lowest BCUT2D eigenvalue weighted by atomic mass is 10.1. The summed E-state index contributed by atoms with van der Waals surface area (Å²) in [6.07, 6.45) is 3.08. The fourth-order valence-electron chi connectivity index (χ4n) is 1.74. The monoisotopic (exact) mass is 315 g/mol. The van der Waals surface area contributed by atoms with E-state index < -0.39 is 12.6 Å². The SMILES string of the molecule is O=C([O-])COc1ccc(/C=C/C(=O)c2ccccc2Cl)cc1. The highest BCUT2D eigenvalue weighted by Gasteiger charge is 2.05. The molecule has 2 aromatic rings.